The fraction of sp³-hybridized carbons (Fsp3) is 0.667. The molecule has 0 aromatic carbocycles. The molecule has 0 fully saturated rings. The van der Waals surface area contributed by atoms with Gasteiger partial charge in [-0.3, -0.25) is 5.73 Å². The average Bonchev–Trinajstić information content (AvgIpc) is 2.11. The van der Waals surface area contributed by atoms with Gasteiger partial charge in [0.15, 0.2) is 0 Å². The average molecular weight is 204 g/mol. The van der Waals surface area contributed by atoms with Crippen molar-refractivity contribution in [2.24, 2.45) is 16.6 Å². The van der Waals surface area contributed by atoms with Crippen LogP contribution in [0.3, 0.4) is 0 Å². The minimum atomic E-state index is -2.13. The van der Waals surface area contributed by atoms with Gasteiger partial charge >= 0.3 is 12.0 Å². The molecule has 0 saturated heterocycles. The van der Waals surface area contributed by atoms with Crippen LogP contribution in [-0.4, -0.2) is 29.3 Å². The van der Waals surface area contributed by atoms with Gasteiger partial charge in [-0.1, -0.05) is 0 Å². The van der Waals surface area contributed by atoms with Crippen LogP contribution in [0.4, 0.5) is 4.79 Å². The number of carboxylic acids is 1. The first kappa shape index (κ1) is 12.3. The molecule has 0 saturated carbocycles. The lowest BCUT2D eigenvalue weighted by Gasteiger charge is -2.15. The first-order valence-electron chi connectivity index (χ1n) is 3.82. The van der Waals surface area contributed by atoms with Crippen LogP contribution < -0.4 is 16.8 Å². The molecule has 6 N–H and O–H groups in total. The van der Waals surface area contributed by atoms with Crippen LogP contribution in [0.25, 0.3) is 0 Å². The van der Waals surface area contributed by atoms with Crippen LogP contribution in [0.1, 0.15) is 12.8 Å². The molecular formula is C6H12N4O4. The molecule has 8 nitrogen and oxygen atoms in total. The molecule has 0 aliphatic carbocycles. The predicted molar refractivity (Wildman–Crippen MR) is 47.2 cm³/mol. The van der Waals surface area contributed by atoms with Crippen LogP contribution >= 0.6 is 0 Å². The second-order valence-corrected chi connectivity index (χ2v) is 2.72. The van der Waals surface area contributed by atoms with Crippen molar-refractivity contribution in [1.82, 2.24) is 5.32 Å². The highest BCUT2D eigenvalue weighted by Gasteiger charge is 2.34. The number of nitrogens with one attached hydrogen (secondary N) is 1. The molecule has 0 bridgehead atoms. The number of nitrogens with two attached hydrogens (primary N) is 2. The van der Waals surface area contributed by atoms with Gasteiger partial charge in [-0.05, 0) is 11.6 Å². The number of aliphatic carboxylic acids is 1. The smallest absolute Gasteiger partial charge is 0.350 e. The van der Waals surface area contributed by atoms with Crippen molar-refractivity contribution in [2.45, 2.75) is 18.5 Å². The number of nitrogens with zero attached hydrogens (tertiary/aromatic N) is 1. The number of rotatable bonds is 6. The Hall–Kier alpha value is -1.70. The summed E-state index contributed by atoms with van der Waals surface area (Å²) in [5.41, 5.74) is 7.76. The summed E-state index contributed by atoms with van der Waals surface area (Å²) in [6, 6.07) is -0.720. The fourth-order valence-corrected chi connectivity index (χ4v) is 0.761. The highest BCUT2D eigenvalue weighted by molar-refractivity contribution is 5.78. The molecule has 1 atom stereocenters. The number of hydrogen-bond donors (Lipinski definition) is 4. The molecule has 0 radical (unpaired) electrons. The Kier molecular flexibility index (Phi) is 4.50. The van der Waals surface area contributed by atoms with Crippen LogP contribution in [0.5, 0.6) is 0 Å². The molecule has 2 amide bonds. The Morgan fingerprint density at radius 1 is 1.50 bits per heavy atom. The number of carbonyl (C=O) groups excluding carboxylic acids is 1. The van der Waals surface area contributed by atoms with Crippen molar-refractivity contribution in [1.29, 1.82) is 0 Å². The summed E-state index contributed by atoms with van der Waals surface area (Å²) in [6.45, 7) is 0.150. The molecule has 0 aromatic heterocycles. The third kappa shape index (κ3) is 3.81. The molecule has 0 unspecified atom stereocenters. The maximum atomic E-state index is 10.4. The standard InChI is InChI=1S/C6H12N4O4/c7-5(13)9-3-1-2-6(8,10-14)4(11)12/h1-3,8H2,(H,11,12)(H3,7,9,13)/t6-/m1/s1. The lowest BCUT2D eigenvalue weighted by Crippen LogP contribution is -2.46. The van der Waals surface area contributed by atoms with E-state index < -0.39 is 17.7 Å². The van der Waals surface area contributed by atoms with E-state index >= 15 is 0 Å². The van der Waals surface area contributed by atoms with Gasteiger partial charge in [-0.25, -0.2) is 9.59 Å². The zero-order valence-electron chi connectivity index (χ0n) is 7.40. The summed E-state index contributed by atoms with van der Waals surface area (Å²) in [5.74, 6) is -1.49. The van der Waals surface area contributed by atoms with Gasteiger partial charge < -0.3 is 16.2 Å². The van der Waals surface area contributed by atoms with E-state index in [9.17, 15) is 14.5 Å². The Balaban J connectivity index is 3.91. The van der Waals surface area contributed by atoms with E-state index in [0.717, 1.165) is 0 Å². The van der Waals surface area contributed by atoms with E-state index in [-0.39, 0.29) is 19.4 Å². The van der Waals surface area contributed by atoms with Crippen LogP contribution in [-0.2, 0) is 4.79 Å². The first-order chi connectivity index (χ1) is 6.42. The summed E-state index contributed by atoms with van der Waals surface area (Å²) in [6.07, 6.45) is 0.0452. The van der Waals surface area contributed by atoms with E-state index in [1.165, 1.54) is 0 Å². The highest BCUT2D eigenvalue weighted by atomic mass is 16.4. The third-order valence-electron chi connectivity index (χ3n) is 1.57. The van der Waals surface area contributed by atoms with Gasteiger partial charge in [0, 0.05) is 13.0 Å². The minimum Gasteiger partial charge on any atom is -0.478 e. The number of hydrogen-bond acceptors (Lipinski definition) is 5. The quantitative estimate of drug-likeness (QED) is 0.321. The Labute approximate surface area is 79.6 Å². The molecule has 8 heteroatoms. The zero-order chi connectivity index (χ0) is 11.2. The number of carbonyl (C=O) groups is 2. The van der Waals surface area contributed by atoms with Gasteiger partial charge in [-0.15, -0.1) is 4.91 Å². The first-order valence-corrected chi connectivity index (χ1v) is 3.82. The number of amides is 2. The van der Waals surface area contributed by atoms with Crippen molar-refractivity contribution < 1.29 is 14.7 Å². The van der Waals surface area contributed by atoms with Gasteiger partial charge in [-0.2, -0.15) is 0 Å². The number of carboxylic acid groups (broad SMARTS) is 1. The lowest BCUT2D eigenvalue weighted by atomic mass is 10.1. The zero-order valence-corrected chi connectivity index (χ0v) is 7.40. The van der Waals surface area contributed by atoms with Crippen LogP contribution in [0, 0.1) is 4.91 Å². The van der Waals surface area contributed by atoms with Crippen molar-refractivity contribution >= 4 is 12.0 Å². The van der Waals surface area contributed by atoms with E-state index in [0.29, 0.717) is 0 Å². The largest absolute Gasteiger partial charge is 0.478 e. The van der Waals surface area contributed by atoms with Gasteiger partial charge in [0.25, 0.3) is 0 Å². The Bertz CT molecular complexity index is 244. The topological polar surface area (TPSA) is 148 Å². The van der Waals surface area contributed by atoms with Gasteiger partial charge in [0.05, 0.1) is 0 Å². The molecule has 14 heavy (non-hydrogen) atoms. The van der Waals surface area contributed by atoms with Gasteiger partial charge in [0.2, 0.25) is 5.66 Å². The summed E-state index contributed by atoms with van der Waals surface area (Å²) in [7, 11) is 0. The summed E-state index contributed by atoms with van der Waals surface area (Å²) in [4.78, 5) is 30.8. The number of nitroso groups, excluding NO2 is 1. The summed E-state index contributed by atoms with van der Waals surface area (Å²) < 4.78 is 0. The van der Waals surface area contributed by atoms with E-state index in [4.69, 9.17) is 16.6 Å². The minimum absolute atomic E-state index is 0.150. The Morgan fingerprint density at radius 2 is 2.07 bits per heavy atom. The van der Waals surface area contributed by atoms with Crippen LogP contribution in [0.15, 0.2) is 5.18 Å². The van der Waals surface area contributed by atoms with Gasteiger partial charge in [0.1, 0.15) is 0 Å². The molecule has 80 valence electrons. The van der Waals surface area contributed by atoms with E-state index in [1.807, 2.05) is 0 Å². The molecule has 0 rings (SSSR count). The van der Waals surface area contributed by atoms with E-state index in [2.05, 4.69) is 10.5 Å². The lowest BCUT2D eigenvalue weighted by molar-refractivity contribution is -0.143. The SMILES string of the molecule is NC(=O)NCCC[C@@](N)(N=O)C(=O)O. The second-order valence-electron chi connectivity index (χ2n) is 2.72. The third-order valence-corrected chi connectivity index (χ3v) is 1.57. The maximum Gasteiger partial charge on any atom is 0.350 e. The fourth-order valence-electron chi connectivity index (χ4n) is 0.761. The van der Waals surface area contributed by atoms with E-state index in [1.54, 1.807) is 0 Å². The number of primary amides is 1. The molecule has 0 heterocycles. The van der Waals surface area contributed by atoms with Crippen molar-refractivity contribution in [2.75, 3.05) is 6.54 Å². The highest BCUT2D eigenvalue weighted by Crippen LogP contribution is 2.10. The molecule has 0 aromatic rings. The molecule has 0 aliphatic heterocycles. The molecule has 0 aliphatic rings. The van der Waals surface area contributed by atoms with Crippen molar-refractivity contribution in [3.05, 3.63) is 4.91 Å². The summed E-state index contributed by atoms with van der Waals surface area (Å²) >= 11 is 0. The summed E-state index contributed by atoms with van der Waals surface area (Å²) in [5, 5.41) is 13.1. The predicted octanol–water partition coefficient (Wildman–Crippen LogP) is -1.06. The van der Waals surface area contributed by atoms with Crippen molar-refractivity contribution in [3.63, 3.8) is 0 Å². The maximum absolute atomic E-state index is 10.4. The monoisotopic (exact) mass is 204 g/mol. The molecular weight excluding hydrogens is 192 g/mol. The second kappa shape index (κ2) is 5.12. The molecule has 0 spiro atoms. The Morgan fingerprint density at radius 3 is 2.43 bits per heavy atom. The number of urea groups is 1. The normalized spacial score (nSPS) is 14.1. The van der Waals surface area contributed by atoms with Crippen molar-refractivity contribution in [3.8, 4) is 0 Å². The van der Waals surface area contributed by atoms with Crippen LogP contribution in [0.2, 0.25) is 0 Å².